The van der Waals surface area contributed by atoms with Crippen LogP contribution in [0.5, 0.6) is 11.5 Å². The monoisotopic (exact) mass is 490 g/mol. The molecule has 148 valence electrons. The second kappa shape index (κ2) is 9.97. The number of ketones is 1. The van der Waals surface area contributed by atoms with Crippen LogP contribution in [0.4, 0.5) is 0 Å². The Morgan fingerprint density at radius 3 is 2.45 bits per heavy atom. The summed E-state index contributed by atoms with van der Waals surface area (Å²) in [5, 5.41) is 0.764. The molecule has 0 N–H and O–H groups in total. The van der Waals surface area contributed by atoms with E-state index in [9.17, 15) is 4.79 Å². The highest BCUT2D eigenvalue weighted by Crippen LogP contribution is 2.25. The quantitative estimate of drug-likeness (QED) is 0.258. The fourth-order valence-corrected chi connectivity index (χ4v) is 3.19. The van der Waals surface area contributed by atoms with Crippen molar-refractivity contribution in [1.82, 2.24) is 0 Å². The lowest BCUT2D eigenvalue weighted by atomic mass is 10.1. The molecule has 29 heavy (non-hydrogen) atoms. The van der Waals surface area contributed by atoms with Crippen LogP contribution in [0.3, 0.4) is 0 Å². The first-order valence-corrected chi connectivity index (χ1v) is 10.2. The van der Waals surface area contributed by atoms with E-state index >= 15 is 0 Å². The van der Waals surface area contributed by atoms with Gasteiger partial charge in [-0.2, -0.15) is 0 Å². The molecule has 0 bridgehead atoms. The molecule has 0 radical (unpaired) electrons. The maximum Gasteiger partial charge on any atom is 0.185 e. The van der Waals surface area contributed by atoms with Gasteiger partial charge in [-0.3, -0.25) is 4.79 Å². The van der Waals surface area contributed by atoms with Crippen LogP contribution in [0, 0.1) is 0 Å². The minimum Gasteiger partial charge on any atom is -0.496 e. The highest BCUT2D eigenvalue weighted by atomic mass is 79.9. The molecule has 0 aliphatic rings. The van der Waals surface area contributed by atoms with E-state index in [1.165, 1.54) is 6.08 Å². The van der Waals surface area contributed by atoms with Crippen LogP contribution in [-0.2, 0) is 6.61 Å². The van der Waals surface area contributed by atoms with Gasteiger partial charge in [0.25, 0.3) is 0 Å². The van der Waals surface area contributed by atoms with Crippen molar-refractivity contribution in [3.05, 3.63) is 97.9 Å². The summed E-state index contributed by atoms with van der Waals surface area (Å²) in [7, 11) is 1.61. The van der Waals surface area contributed by atoms with Crippen molar-refractivity contribution in [1.29, 1.82) is 0 Å². The van der Waals surface area contributed by atoms with Gasteiger partial charge in [0.05, 0.1) is 17.2 Å². The minimum atomic E-state index is -0.160. The summed E-state index contributed by atoms with van der Waals surface area (Å²) in [5.74, 6) is 1.31. The molecule has 3 rings (SSSR count). The fraction of sp³-hybridized carbons (Fsp3) is 0.0870. The molecule has 0 aromatic heterocycles. The first kappa shape index (κ1) is 21.4. The fourth-order valence-electron chi connectivity index (χ4n) is 2.62. The van der Waals surface area contributed by atoms with Gasteiger partial charge in [-0.15, -0.1) is 0 Å². The number of halogens is 3. The standard InChI is InChI=1S/C23H17BrCl2O3/c1-28-23-11-3-15(2-10-22(27)16-4-9-20(25)21(26)13-16)12-17(23)14-29-19-7-5-18(24)6-8-19/h2-13H,14H2,1H3/b10-2+. The van der Waals surface area contributed by atoms with E-state index in [0.29, 0.717) is 22.2 Å². The number of carbonyl (C=O) groups excluding carboxylic acids is 1. The van der Waals surface area contributed by atoms with Gasteiger partial charge in [-0.1, -0.05) is 51.3 Å². The maximum atomic E-state index is 12.4. The van der Waals surface area contributed by atoms with Crippen LogP contribution in [0.1, 0.15) is 21.5 Å². The van der Waals surface area contributed by atoms with Gasteiger partial charge in [0.15, 0.2) is 5.78 Å². The van der Waals surface area contributed by atoms with Crippen molar-refractivity contribution < 1.29 is 14.3 Å². The summed E-state index contributed by atoms with van der Waals surface area (Å²) in [5.41, 5.74) is 2.20. The number of rotatable bonds is 7. The van der Waals surface area contributed by atoms with Crippen molar-refractivity contribution in [2.24, 2.45) is 0 Å². The van der Waals surface area contributed by atoms with Crippen molar-refractivity contribution >= 4 is 51.0 Å². The number of hydrogen-bond donors (Lipinski definition) is 0. The van der Waals surface area contributed by atoms with Crippen molar-refractivity contribution in [2.45, 2.75) is 6.61 Å². The molecule has 0 aliphatic carbocycles. The molecule has 3 aromatic rings. The van der Waals surface area contributed by atoms with Gasteiger partial charge in [0.1, 0.15) is 18.1 Å². The molecular formula is C23H17BrCl2O3. The number of carbonyl (C=O) groups is 1. The minimum absolute atomic E-state index is 0.160. The summed E-state index contributed by atoms with van der Waals surface area (Å²) in [6.45, 7) is 0.341. The Balaban J connectivity index is 1.74. The topological polar surface area (TPSA) is 35.5 Å². The number of benzene rings is 3. The molecule has 0 saturated carbocycles. The highest BCUT2D eigenvalue weighted by Gasteiger charge is 2.07. The highest BCUT2D eigenvalue weighted by molar-refractivity contribution is 9.10. The number of ether oxygens (including phenoxy) is 2. The normalized spacial score (nSPS) is 10.9. The van der Waals surface area contributed by atoms with E-state index in [4.69, 9.17) is 32.7 Å². The Morgan fingerprint density at radius 2 is 1.76 bits per heavy atom. The lowest BCUT2D eigenvalue weighted by molar-refractivity contribution is 0.104. The zero-order valence-electron chi connectivity index (χ0n) is 15.5. The van der Waals surface area contributed by atoms with E-state index in [1.807, 2.05) is 42.5 Å². The molecule has 0 aliphatic heterocycles. The molecule has 0 fully saturated rings. The largest absolute Gasteiger partial charge is 0.496 e. The molecule has 0 heterocycles. The predicted octanol–water partition coefficient (Wildman–Crippen LogP) is 7.24. The predicted molar refractivity (Wildman–Crippen MR) is 121 cm³/mol. The number of hydrogen-bond acceptors (Lipinski definition) is 3. The smallest absolute Gasteiger partial charge is 0.185 e. The Hall–Kier alpha value is -2.27. The summed E-state index contributed by atoms with van der Waals surface area (Å²) in [4.78, 5) is 12.4. The van der Waals surface area contributed by atoms with Crippen molar-refractivity contribution in [2.75, 3.05) is 7.11 Å². The summed E-state index contributed by atoms with van der Waals surface area (Å²) >= 11 is 15.3. The van der Waals surface area contributed by atoms with Crippen LogP contribution in [0.25, 0.3) is 6.08 Å². The SMILES string of the molecule is COc1ccc(/C=C/C(=O)c2ccc(Cl)c(Cl)c2)cc1COc1ccc(Br)cc1. The third-order valence-corrected chi connectivity index (χ3v) is 5.41. The zero-order chi connectivity index (χ0) is 20.8. The van der Waals surface area contributed by atoms with Crippen LogP contribution >= 0.6 is 39.1 Å². The second-order valence-electron chi connectivity index (χ2n) is 6.14. The van der Waals surface area contributed by atoms with E-state index < -0.39 is 0 Å². The van der Waals surface area contributed by atoms with Gasteiger partial charge in [0, 0.05) is 15.6 Å². The Bertz CT molecular complexity index is 1050. The van der Waals surface area contributed by atoms with Gasteiger partial charge in [-0.25, -0.2) is 0 Å². The van der Waals surface area contributed by atoms with Crippen LogP contribution in [-0.4, -0.2) is 12.9 Å². The van der Waals surface area contributed by atoms with E-state index in [1.54, 1.807) is 31.4 Å². The van der Waals surface area contributed by atoms with Crippen LogP contribution in [0.2, 0.25) is 10.0 Å². The molecule has 0 saturated heterocycles. The number of methoxy groups -OCH3 is 1. The average molecular weight is 492 g/mol. The summed E-state index contributed by atoms with van der Waals surface area (Å²) in [6.07, 6.45) is 3.24. The van der Waals surface area contributed by atoms with Gasteiger partial charge < -0.3 is 9.47 Å². The molecule has 0 amide bonds. The molecular weight excluding hydrogens is 475 g/mol. The van der Waals surface area contributed by atoms with E-state index in [2.05, 4.69) is 15.9 Å². The van der Waals surface area contributed by atoms with E-state index in [0.717, 1.165) is 27.1 Å². The first-order chi connectivity index (χ1) is 14.0. The molecule has 3 aromatic carbocycles. The molecule has 0 unspecified atom stereocenters. The lowest BCUT2D eigenvalue weighted by Gasteiger charge is -2.11. The maximum absolute atomic E-state index is 12.4. The molecule has 3 nitrogen and oxygen atoms in total. The van der Waals surface area contributed by atoms with Crippen molar-refractivity contribution in [3.8, 4) is 11.5 Å². The average Bonchev–Trinajstić information content (AvgIpc) is 2.73. The summed E-state index contributed by atoms with van der Waals surface area (Å²) < 4.78 is 12.3. The molecule has 0 atom stereocenters. The third-order valence-electron chi connectivity index (χ3n) is 4.14. The van der Waals surface area contributed by atoms with Gasteiger partial charge in [0.2, 0.25) is 0 Å². The van der Waals surface area contributed by atoms with Crippen LogP contribution < -0.4 is 9.47 Å². The second-order valence-corrected chi connectivity index (χ2v) is 7.87. The molecule has 6 heteroatoms. The Labute approximate surface area is 188 Å². The summed E-state index contributed by atoms with van der Waals surface area (Å²) in [6, 6.07) is 18.1. The molecule has 0 spiro atoms. The first-order valence-electron chi connectivity index (χ1n) is 8.69. The zero-order valence-corrected chi connectivity index (χ0v) is 18.6. The van der Waals surface area contributed by atoms with Crippen LogP contribution in [0.15, 0.2) is 71.2 Å². The number of allylic oxidation sites excluding steroid dienone is 1. The van der Waals surface area contributed by atoms with Gasteiger partial charge >= 0.3 is 0 Å². The third kappa shape index (κ3) is 5.86. The van der Waals surface area contributed by atoms with Crippen molar-refractivity contribution in [3.63, 3.8) is 0 Å². The lowest BCUT2D eigenvalue weighted by Crippen LogP contribution is -1.99. The Morgan fingerprint density at radius 1 is 1.00 bits per heavy atom. The van der Waals surface area contributed by atoms with E-state index in [-0.39, 0.29) is 5.78 Å². The van der Waals surface area contributed by atoms with Gasteiger partial charge in [-0.05, 0) is 66.2 Å². The Kier molecular flexibility index (Phi) is 7.37.